The quantitative estimate of drug-likeness (QED) is 0.632. The Kier molecular flexibility index (Phi) is 5.14. The summed E-state index contributed by atoms with van der Waals surface area (Å²) in [7, 11) is 0. The van der Waals surface area contributed by atoms with E-state index in [4.69, 9.17) is 27.9 Å². The lowest BCUT2D eigenvalue weighted by molar-refractivity contribution is 0.340. The Balaban J connectivity index is 2.19. The van der Waals surface area contributed by atoms with E-state index in [-0.39, 0.29) is 0 Å². The molecule has 4 heteroatoms. The first-order chi connectivity index (χ1) is 9.10. The molecule has 2 aromatic rings. The Morgan fingerprint density at radius 3 is 2.37 bits per heavy atom. The van der Waals surface area contributed by atoms with E-state index in [1.807, 2.05) is 37.3 Å². The third-order valence-electron chi connectivity index (χ3n) is 2.72. The van der Waals surface area contributed by atoms with Crippen molar-refractivity contribution in [3.8, 4) is 5.75 Å². The van der Waals surface area contributed by atoms with Gasteiger partial charge in [-0.2, -0.15) is 0 Å². The molecule has 0 fully saturated rings. The summed E-state index contributed by atoms with van der Waals surface area (Å²) < 4.78 is 6.28. The highest BCUT2D eigenvalue weighted by Crippen LogP contribution is 2.30. The summed E-state index contributed by atoms with van der Waals surface area (Å²) in [6.45, 7) is 2.65. The Morgan fingerprint density at radius 2 is 1.74 bits per heavy atom. The SMILES string of the molecule is CCOc1ccc(Cc2cc(Br)c(Cl)cc2Cl)cc1. The number of halogens is 3. The van der Waals surface area contributed by atoms with Crippen LogP contribution in [0, 0.1) is 0 Å². The fourth-order valence-electron chi connectivity index (χ4n) is 1.79. The second-order valence-corrected chi connectivity index (χ2v) is 5.78. The molecule has 0 spiro atoms. The number of rotatable bonds is 4. The van der Waals surface area contributed by atoms with Crippen LogP contribution in [0.5, 0.6) is 5.75 Å². The van der Waals surface area contributed by atoms with Gasteiger partial charge in [0.15, 0.2) is 0 Å². The topological polar surface area (TPSA) is 9.23 Å². The molecule has 0 bridgehead atoms. The monoisotopic (exact) mass is 358 g/mol. The zero-order valence-electron chi connectivity index (χ0n) is 10.4. The van der Waals surface area contributed by atoms with Gasteiger partial charge in [0, 0.05) is 9.50 Å². The first kappa shape index (κ1) is 14.7. The van der Waals surface area contributed by atoms with Crippen molar-refractivity contribution in [2.45, 2.75) is 13.3 Å². The van der Waals surface area contributed by atoms with Crippen LogP contribution < -0.4 is 4.74 Å². The molecule has 19 heavy (non-hydrogen) atoms. The zero-order chi connectivity index (χ0) is 13.8. The Labute approximate surface area is 131 Å². The normalized spacial score (nSPS) is 10.5. The number of hydrogen-bond donors (Lipinski definition) is 0. The molecule has 0 unspecified atom stereocenters. The van der Waals surface area contributed by atoms with Gasteiger partial charge in [-0.15, -0.1) is 0 Å². The summed E-state index contributed by atoms with van der Waals surface area (Å²) in [5.41, 5.74) is 2.22. The number of ether oxygens (including phenoxy) is 1. The smallest absolute Gasteiger partial charge is 0.119 e. The van der Waals surface area contributed by atoms with E-state index < -0.39 is 0 Å². The van der Waals surface area contributed by atoms with Gasteiger partial charge in [0.05, 0.1) is 11.6 Å². The molecule has 0 heterocycles. The molecule has 2 aromatic carbocycles. The molecule has 2 rings (SSSR count). The van der Waals surface area contributed by atoms with Crippen LogP contribution in [-0.2, 0) is 6.42 Å². The lowest BCUT2D eigenvalue weighted by atomic mass is 10.0. The zero-order valence-corrected chi connectivity index (χ0v) is 13.5. The van der Waals surface area contributed by atoms with Crippen LogP contribution in [-0.4, -0.2) is 6.61 Å². The maximum absolute atomic E-state index is 6.20. The van der Waals surface area contributed by atoms with Crippen LogP contribution in [0.4, 0.5) is 0 Å². The van der Waals surface area contributed by atoms with Crippen molar-refractivity contribution < 1.29 is 4.74 Å². The van der Waals surface area contributed by atoms with Crippen LogP contribution in [0.25, 0.3) is 0 Å². The van der Waals surface area contributed by atoms with E-state index in [9.17, 15) is 0 Å². The van der Waals surface area contributed by atoms with Crippen molar-refractivity contribution in [3.05, 3.63) is 62.0 Å². The second-order valence-electron chi connectivity index (χ2n) is 4.11. The molecular formula is C15H13BrCl2O. The third-order valence-corrected chi connectivity index (χ3v) is 4.27. The van der Waals surface area contributed by atoms with E-state index in [0.29, 0.717) is 16.7 Å². The van der Waals surface area contributed by atoms with Crippen molar-refractivity contribution in [1.82, 2.24) is 0 Å². The van der Waals surface area contributed by atoms with Crippen molar-refractivity contribution in [2.75, 3.05) is 6.61 Å². The van der Waals surface area contributed by atoms with Gasteiger partial charge in [-0.1, -0.05) is 35.3 Å². The molecule has 0 aliphatic rings. The van der Waals surface area contributed by atoms with E-state index in [0.717, 1.165) is 22.2 Å². The van der Waals surface area contributed by atoms with Crippen LogP contribution in [0.15, 0.2) is 40.9 Å². The fourth-order valence-corrected chi connectivity index (χ4v) is 2.63. The maximum atomic E-state index is 6.20. The lowest BCUT2D eigenvalue weighted by Gasteiger charge is -2.08. The average molecular weight is 360 g/mol. The van der Waals surface area contributed by atoms with Crippen LogP contribution in [0.2, 0.25) is 10.0 Å². The Bertz CT molecular complexity index is 567. The minimum Gasteiger partial charge on any atom is -0.494 e. The first-order valence-corrected chi connectivity index (χ1v) is 7.50. The van der Waals surface area contributed by atoms with Crippen molar-refractivity contribution in [3.63, 3.8) is 0 Å². The largest absolute Gasteiger partial charge is 0.494 e. The molecule has 0 aromatic heterocycles. The number of hydrogen-bond acceptors (Lipinski definition) is 1. The molecule has 0 atom stereocenters. The molecule has 100 valence electrons. The summed E-state index contributed by atoms with van der Waals surface area (Å²) in [6, 6.07) is 11.8. The van der Waals surface area contributed by atoms with Gasteiger partial charge < -0.3 is 4.74 Å². The highest BCUT2D eigenvalue weighted by Gasteiger charge is 2.06. The van der Waals surface area contributed by atoms with E-state index >= 15 is 0 Å². The minimum absolute atomic E-state index is 0.625. The van der Waals surface area contributed by atoms with Crippen LogP contribution >= 0.6 is 39.1 Å². The van der Waals surface area contributed by atoms with Crippen molar-refractivity contribution >= 4 is 39.1 Å². The predicted molar refractivity (Wildman–Crippen MR) is 84.6 cm³/mol. The third kappa shape index (κ3) is 3.88. The van der Waals surface area contributed by atoms with E-state index in [2.05, 4.69) is 15.9 Å². The molecule has 0 saturated heterocycles. The molecule has 0 N–H and O–H groups in total. The molecule has 1 nitrogen and oxygen atoms in total. The van der Waals surface area contributed by atoms with Crippen LogP contribution in [0.3, 0.4) is 0 Å². The standard InChI is InChI=1S/C15H13BrCl2O/c1-2-19-12-5-3-10(4-6-12)7-11-8-13(16)15(18)9-14(11)17/h3-6,8-9H,2,7H2,1H3. The van der Waals surface area contributed by atoms with Gasteiger partial charge in [0.1, 0.15) is 5.75 Å². The molecule has 0 amide bonds. The second kappa shape index (κ2) is 6.65. The van der Waals surface area contributed by atoms with Gasteiger partial charge in [-0.3, -0.25) is 0 Å². The summed E-state index contributed by atoms with van der Waals surface area (Å²) in [4.78, 5) is 0. The Morgan fingerprint density at radius 1 is 1.05 bits per heavy atom. The fraction of sp³-hybridized carbons (Fsp3) is 0.200. The summed E-state index contributed by atoms with van der Waals surface area (Å²) >= 11 is 15.6. The molecule has 0 aliphatic carbocycles. The van der Waals surface area contributed by atoms with Gasteiger partial charge in [-0.05, 0) is 64.7 Å². The van der Waals surface area contributed by atoms with Gasteiger partial charge in [0.25, 0.3) is 0 Å². The lowest BCUT2D eigenvalue weighted by Crippen LogP contribution is -1.93. The van der Waals surface area contributed by atoms with Crippen molar-refractivity contribution in [2.24, 2.45) is 0 Å². The predicted octanol–water partition coefficient (Wildman–Crippen LogP) is 5.75. The highest BCUT2D eigenvalue weighted by atomic mass is 79.9. The van der Waals surface area contributed by atoms with Crippen LogP contribution in [0.1, 0.15) is 18.1 Å². The first-order valence-electron chi connectivity index (χ1n) is 5.95. The van der Waals surface area contributed by atoms with Crippen molar-refractivity contribution in [1.29, 1.82) is 0 Å². The summed E-state index contributed by atoms with van der Waals surface area (Å²) in [5.74, 6) is 0.884. The number of benzene rings is 2. The molecule has 0 radical (unpaired) electrons. The van der Waals surface area contributed by atoms with Gasteiger partial charge >= 0.3 is 0 Å². The Hall–Kier alpha value is -0.700. The maximum Gasteiger partial charge on any atom is 0.119 e. The summed E-state index contributed by atoms with van der Waals surface area (Å²) in [6.07, 6.45) is 0.765. The van der Waals surface area contributed by atoms with Gasteiger partial charge in [-0.25, -0.2) is 0 Å². The minimum atomic E-state index is 0.625. The average Bonchev–Trinajstić information content (AvgIpc) is 2.38. The van der Waals surface area contributed by atoms with Gasteiger partial charge in [0.2, 0.25) is 0 Å². The molecule has 0 saturated carbocycles. The van der Waals surface area contributed by atoms with E-state index in [1.165, 1.54) is 5.56 Å². The highest BCUT2D eigenvalue weighted by molar-refractivity contribution is 9.10. The molecule has 0 aliphatic heterocycles. The summed E-state index contributed by atoms with van der Waals surface area (Å²) in [5, 5.41) is 1.31. The molecular weight excluding hydrogens is 347 g/mol. The van der Waals surface area contributed by atoms with E-state index in [1.54, 1.807) is 6.07 Å².